The van der Waals surface area contributed by atoms with Crippen molar-refractivity contribution in [1.29, 1.82) is 0 Å². The minimum atomic E-state index is -0.257. The predicted molar refractivity (Wildman–Crippen MR) is 77.0 cm³/mol. The van der Waals surface area contributed by atoms with Crippen molar-refractivity contribution in [3.63, 3.8) is 0 Å². The fourth-order valence-electron chi connectivity index (χ4n) is 1.71. The second-order valence-electron chi connectivity index (χ2n) is 4.06. The van der Waals surface area contributed by atoms with Gasteiger partial charge in [-0.2, -0.15) is 0 Å². The largest absolute Gasteiger partial charge is 0.392 e. The molecular formula is C14H13BrN2O2. The van der Waals surface area contributed by atoms with Crippen LogP contribution in [0.3, 0.4) is 0 Å². The van der Waals surface area contributed by atoms with Crippen LogP contribution < -0.4 is 5.32 Å². The van der Waals surface area contributed by atoms with Crippen LogP contribution in [0.1, 0.15) is 21.5 Å². The lowest BCUT2D eigenvalue weighted by Gasteiger charge is -2.11. The minimum Gasteiger partial charge on any atom is -0.392 e. The molecule has 0 aliphatic carbocycles. The molecule has 2 aromatic rings. The topological polar surface area (TPSA) is 62.2 Å². The molecule has 19 heavy (non-hydrogen) atoms. The number of hydrogen-bond donors (Lipinski definition) is 2. The number of amides is 1. The molecule has 0 bridgehead atoms. The van der Waals surface area contributed by atoms with E-state index < -0.39 is 0 Å². The Morgan fingerprint density at radius 3 is 2.95 bits per heavy atom. The molecule has 1 aromatic heterocycles. The number of carbonyl (C=O) groups excluding carboxylic acids is 1. The van der Waals surface area contributed by atoms with Gasteiger partial charge < -0.3 is 10.4 Å². The van der Waals surface area contributed by atoms with E-state index in [4.69, 9.17) is 0 Å². The Kier molecular flexibility index (Phi) is 4.29. The average Bonchev–Trinajstić information content (AvgIpc) is 2.43. The van der Waals surface area contributed by atoms with Gasteiger partial charge in [0.05, 0.1) is 6.61 Å². The zero-order valence-corrected chi connectivity index (χ0v) is 11.9. The summed E-state index contributed by atoms with van der Waals surface area (Å²) in [5.41, 5.74) is 2.63. The van der Waals surface area contributed by atoms with Crippen LogP contribution in [-0.4, -0.2) is 16.0 Å². The molecule has 2 rings (SSSR count). The number of halogens is 1. The molecule has 4 nitrogen and oxygen atoms in total. The van der Waals surface area contributed by atoms with E-state index in [2.05, 4.69) is 26.2 Å². The first kappa shape index (κ1) is 13.7. The quantitative estimate of drug-likeness (QED) is 0.914. The molecule has 1 amide bonds. The summed E-state index contributed by atoms with van der Waals surface area (Å²) in [6.45, 7) is 1.70. The number of hydrogen-bond acceptors (Lipinski definition) is 3. The van der Waals surface area contributed by atoms with E-state index in [1.54, 1.807) is 6.07 Å². The van der Waals surface area contributed by atoms with Crippen LogP contribution in [0.5, 0.6) is 0 Å². The van der Waals surface area contributed by atoms with Gasteiger partial charge in [-0.1, -0.05) is 22.0 Å². The standard InChI is InChI=1S/C14H13BrN2O2/c1-9-12(15)3-2-4-13(9)17-14(19)11-5-6-16-7-10(11)8-18/h2-7,18H,8H2,1H3,(H,17,19). The summed E-state index contributed by atoms with van der Waals surface area (Å²) in [5.74, 6) is -0.257. The molecule has 0 saturated carbocycles. The number of carbonyl (C=O) groups is 1. The van der Waals surface area contributed by atoms with Crippen LogP contribution in [0.4, 0.5) is 5.69 Å². The molecule has 0 fully saturated rings. The Morgan fingerprint density at radius 1 is 1.42 bits per heavy atom. The third kappa shape index (κ3) is 3.00. The lowest BCUT2D eigenvalue weighted by Crippen LogP contribution is -2.15. The molecule has 0 aliphatic heterocycles. The molecule has 1 heterocycles. The summed E-state index contributed by atoms with van der Waals surface area (Å²) < 4.78 is 0.933. The molecule has 5 heteroatoms. The van der Waals surface area contributed by atoms with Crippen molar-refractivity contribution >= 4 is 27.5 Å². The van der Waals surface area contributed by atoms with Crippen molar-refractivity contribution in [2.45, 2.75) is 13.5 Å². The molecular weight excluding hydrogens is 308 g/mol. The smallest absolute Gasteiger partial charge is 0.256 e. The lowest BCUT2D eigenvalue weighted by molar-refractivity contribution is 0.102. The SMILES string of the molecule is Cc1c(Br)cccc1NC(=O)c1ccncc1CO. The number of pyridine rings is 1. The second-order valence-corrected chi connectivity index (χ2v) is 4.91. The maximum absolute atomic E-state index is 12.2. The van der Waals surface area contributed by atoms with E-state index in [1.165, 1.54) is 12.4 Å². The van der Waals surface area contributed by atoms with Crippen molar-refractivity contribution in [3.05, 3.63) is 57.8 Å². The van der Waals surface area contributed by atoms with E-state index in [0.29, 0.717) is 11.1 Å². The maximum Gasteiger partial charge on any atom is 0.256 e. The van der Waals surface area contributed by atoms with Crippen molar-refractivity contribution < 1.29 is 9.90 Å². The van der Waals surface area contributed by atoms with Crippen molar-refractivity contribution in [1.82, 2.24) is 4.98 Å². The molecule has 1 aromatic carbocycles. The van der Waals surface area contributed by atoms with Gasteiger partial charge in [0.1, 0.15) is 0 Å². The van der Waals surface area contributed by atoms with Crippen molar-refractivity contribution in [2.75, 3.05) is 5.32 Å². The highest BCUT2D eigenvalue weighted by atomic mass is 79.9. The zero-order valence-electron chi connectivity index (χ0n) is 10.4. The molecule has 0 spiro atoms. The fourth-order valence-corrected chi connectivity index (χ4v) is 2.07. The first-order chi connectivity index (χ1) is 9.13. The summed E-state index contributed by atoms with van der Waals surface area (Å²) in [5, 5.41) is 12.0. The summed E-state index contributed by atoms with van der Waals surface area (Å²) in [7, 11) is 0. The first-order valence-corrected chi connectivity index (χ1v) is 6.53. The molecule has 0 saturated heterocycles. The fraction of sp³-hybridized carbons (Fsp3) is 0.143. The molecule has 2 N–H and O–H groups in total. The number of nitrogens with one attached hydrogen (secondary N) is 1. The van der Waals surface area contributed by atoms with Gasteiger partial charge in [0.15, 0.2) is 0 Å². The van der Waals surface area contributed by atoms with Gasteiger partial charge in [-0.15, -0.1) is 0 Å². The van der Waals surface area contributed by atoms with Gasteiger partial charge in [-0.3, -0.25) is 9.78 Å². The van der Waals surface area contributed by atoms with Crippen LogP contribution in [0.15, 0.2) is 41.1 Å². The number of benzene rings is 1. The van der Waals surface area contributed by atoms with Gasteiger partial charge in [0, 0.05) is 33.7 Å². The van der Waals surface area contributed by atoms with Crippen LogP contribution in [0.2, 0.25) is 0 Å². The maximum atomic E-state index is 12.2. The van der Waals surface area contributed by atoms with E-state index in [-0.39, 0.29) is 12.5 Å². The average molecular weight is 321 g/mol. The summed E-state index contributed by atoms with van der Waals surface area (Å²) in [6, 6.07) is 7.19. The number of aliphatic hydroxyl groups is 1. The Morgan fingerprint density at radius 2 is 2.21 bits per heavy atom. The summed E-state index contributed by atoms with van der Waals surface area (Å²) >= 11 is 3.42. The highest BCUT2D eigenvalue weighted by Gasteiger charge is 2.12. The third-order valence-electron chi connectivity index (χ3n) is 2.83. The van der Waals surface area contributed by atoms with Crippen molar-refractivity contribution in [2.24, 2.45) is 0 Å². The number of rotatable bonds is 3. The van der Waals surface area contributed by atoms with Crippen LogP contribution >= 0.6 is 15.9 Å². The van der Waals surface area contributed by atoms with Gasteiger partial charge in [0.25, 0.3) is 5.91 Å². The summed E-state index contributed by atoms with van der Waals surface area (Å²) in [6.07, 6.45) is 3.02. The molecule has 0 aliphatic rings. The van der Waals surface area contributed by atoms with E-state index >= 15 is 0 Å². The van der Waals surface area contributed by atoms with Gasteiger partial charge in [-0.05, 0) is 30.7 Å². The van der Waals surface area contributed by atoms with Crippen LogP contribution in [0.25, 0.3) is 0 Å². The molecule has 0 atom stereocenters. The minimum absolute atomic E-state index is 0.214. The van der Waals surface area contributed by atoms with Crippen molar-refractivity contribution in [3.8, 4) is 0 Å². The van der Waals surface area contributed by atoms with Gasteiger partial charge >= 0.3 is 0 Å². The Balaban J connectivity index is 2.28. The zero-order chi connectivity index (χ0) is 13.8. The monoisotopic (exact) mass is 320 g/mol. The Bertz CT molecular complexity index is 614. The number of anilines is 1. The lowest BCUT2D eigenvalue weighted by atomic mass is 10.1. The van der Waals surface area contributed by atoms with Crippen LogP contribution in [-0.2, 0) is 6.61 Å². The highest BCUT2D eigenvalue weighted by Crippen LogP contribution is 2.24. The molecule has 0 radical (unpaired) electrons. The molecule has 0 unspecified atom stereocenters. The Labute approximate surface area is 119 Å². The number of nitrogens with zero attached hydrogens (tertiary/aromatic N) is 1. The number of aliphatic hydroxyl groups excluding tert-OH is 1. The van der Waals surface area contributed by atoms with Gasteiger partial charge in [0.2, 0.25) is 0 Å². The van der Waals surface area contributed by atoms with E-state index in [0.717, 1.165) is 15.7 Å². The molecule has 98 valence electrons. The first-order valence-electron chi connectivity index (χ1n) is 5.73. The van der Waals surface area contributed by atoms with E-state index in [9.17, 15) is 9.90 Å². The van der Waals surface area contributed by atoms with E-state index in [1.807, 2.05) is 25.1 Å². The Hall–Kier alpha value is -1.72. The van der Waals surface area contributed by atoms with Gasteiger partial charge in [-0.25, -0.2) is 0 Å². The number of aromatic nitrogens is 1. The highest BCUT2D eigenvalue weighted by molar-refractivity contribution is 9.10. The van der Waals surface area contributed by atoms with Crippen LogP contribution in [0, 0.1) is 6.92 Å². The second kappa shape index (κ2) is 5.95. The third-order valence-corrected chi connectivity index (χ3v) is 3.69. The summed E-state index contributed by atoms with van der Waals surface area (Å²) in [4.78, 5) is 16.1. The normalized spacial score (nSPS) is 10.3. The predicted octanol–water partition coefficient (Wildman–Crippen LogP) is 2.90.